The molecule has 0 radical (unpaired) electrons. The average molecular weight is 318 g/mol. The second kappa shape index (κ2) is 8.11. The number of hydrogen-bond acceptors (Lipinski definition) is 3. The first-order valence-electron chi connectivity index (χ1n) is 8.33. The molecule has 0 bridgehead atoms. The molecule has 1 aliphatic carbocycles. The Hall–Kier alpha value is -1.88. The van der Waals surface area contributed by atoms with Crippen LogP contribution in [0.2, 0.25) is 0 Å². The van der Waals surface area contributed by atoms with Crippen molar-refractivity contribution in [3.63, 3.8) is 0 Å². The molecule has 1 saturated carbocycles. The molecule has 0 saturated heterocycles. The van der Waals surface area contributed by atoms with Gasteiger partial charge in [0.05, 0.1) is 6.61 Å². The summed E-state index contributed by atoms with van der Waals surface area (Å²) in [4.78, 5) is 24.5. The Morgan fingerprint density at radius 3 is 2.61 bits per heavy atom. The lowest BCUT2D eigenvalue weighted by atomic mass is 9.88. The van der Waals surface area contributed by atoms with Crippen LogP contribution in [0.4, 0.5) is 5.69 Å². The van der Waals surface area contributed by atoms with Crippen molar-refractivity contribution >= 4 is 17.5 Å². The Kier molecular flexibility index (Phi) is 6.16. The highest BCUT2D eigenvalue weighted by Gasteiger charge is 2.24. The number of hydrogen-bond donors (Lipinski definition) is 3. The summed E-state index contributed by atoms with van der Waals surface area (Å²) >= 11 is 0. The number of anilines is 1. The minimum atomic E-state index is -0.582. The van der Waals surface area contributed by atoms with Gasteiger partial charge in [-0.3, -0.25) is 9.59 Å². The third kappa shape index (κ3) is 4.79. The highest BCUT2D eigenvalue weighted by molar-refractivity contribution is 5.97. The van der Waals surface area contributed by atoms with Crippen LogP contribution >= 0.6 is 0 Å². The van der Waals surface area contributed by atoms with Gasteiger partial charge in [0.1, 0.15) is 6.04 Å². The smallest absolute Gasteiger partial charge is 0.246 e. The topological polar surface area (TPSA) is 78.4 Å². The number of carbonyl (C=O) groups is 2. The van der Waals surface area contributed by atoms with Crippen molar-refractivity contribution in [1.29, 1.82) is 0 Å². The summed E-state index contributed by atoms with van der Waals surface area (Å²) in [7, 11) is 0. The molecule has 0 spiro atoms. The molecule has 1 aromatic rings. The summed E-state index contributed by atoms with van der Waals surface area (Å²) in [6.07, 6.45) is 5.20. The summed E-state index contributed by atoms with van der Waals surface area (Å²) < 4.78 is 0. The Labute approximate surface area is 137 Å². The van der Waals surface area contributed by atoms with Crippen LogP contribution in [0.3, 0.4) is 0 Å². The molecule has 23 heavy (non-hydrogen) atoms. The first-order chi connectivity index (χ1) is 11.0. The van der Waals surface area contributed by atoms with E-state index in [1.165, 1.54) is 6.42 Å². The number of rotatable bonds is 5. The second-order valence-electron chi connectivity index (χ2n) is 6.36. The van der Waals surface area contributed by atoms with Crippen molar-refractivity contribution in [2.45, 2.75) is 58.6 Å². The molecule has 1 aliphatic rings. The molecule has 5 nitrogen and oxygen atoms in total. The van der Waals surface area contributed by atoms with Crippen molar-refractivity contribution in [3.05, 3.63) is 29.3 Å². The average Bonchev–Trinajstić information content (AvgIpc) is 2.57. The van der Waals surface area contributed by atoms with Gasteiger partial charge >= 0.3 is 0 Å². The molecule has 0 heterocycles. The zero-order chi connectivity index (χ0) is 16.8. The van der Waals surface area contributed by atoms with Crippen molar-refractivity contribution < 1.29 is 14.7 Å². The van der Waals surface area contributed by atoms with Crippen LogP contribution in [0, 0.1) is 12.8 Å². The molecule has 3 N–H and O–H groups in total. The van der Waals surface area contributed by atoms with E-state index < -0.39 is 6.04 Å². The lowest BCUT2D eigenvalue weighted by Crippen LogP contribution is -2.44. The number of aryl methyl sites for hydroxylation is 1. The fourth-order valence-electron chi connectivity index (χ4n) is 2.90. The van der Waals surface area contributed by atoms with E-state index in [-0.39, 0.29) is 24.3 Å². The van der Waals surface area contributed by atoms with Gasteiger partial charge in [-0.25, -0.2) is 0 Å². The molecule has 2 rings (SSSR count). The molecule has 1 fully saturated rings. The minimum Gasteiger partial charge on any atom is -0.392 e. The maximum absolute atomic E-state index is 12.3. The largest absolute Gasteiger partial charge is 0.392 e. The standard InChI is InChI=1S/C18H26N2O3/c1-12-8-9-14(11-21)10-16(12)20-17(22)13(2)19-18(23)15-6-4-3-5-7-15/h8-10,13,15,21H,3-7,11H2,1-2H3,(H,19,23)(H,20,22). The van der Waals surface area contributed by atoms with Gasteiger partial charge < -0.3 is 15.7 Å². The van der Waals surface area contributed by atoms with Crippen molar-refractivity contribution in [2.24, 2.45) is 5.92 Å². The number of aliphatic hydroxyl groups is 1. The number of benzene rings is 1. The van der Waals surface area contributed by atoms with Crippen molar-refractivity contribution in [1.82, 2.24) is 5.32 Å². The molecule has 126 valence electrons. The molecule has 1 unspecified atom stereocenters. The summed E-state index contributed by atoms with van der Waals surface area (Å²) in [5.41, 5.74) is 2.33. The van der Waals surface area contributed by atoms with Gasteiger partial charge in [-0.1, -0.05) is 31.4 Å². The van der Waals surface area contributed by atoms with Gasteiger partial charge in [0.25, 0.3) is 0 Å². The van der Waals surface area contributed by atoms with E-state index in [2.05, 4.69) is 10.6 Å². The predicted molar refractivity (Wildman–Crippen MR) is 89.9 cm³/mol. The maximum Gasteiger partial charge on any atom is 0.246 e. The molecule has 5 heteroatoms. The lowest BCUT2D eigenvalue weighted by molar-refractivity contribution is -0.129. The molecular weight excluding hydrogens is 292 g/mol. The van der Waals surface area contributed by atoms with Crippen LogP contribution in [0.5, 0.6) is 0 Å². The molecule has 1 aromatic carbocycles. The van der Waals surface area contributed by atoms with Gasteiger partial charge in [0, 0.05) is 11.6 Å². The predicted octanol–water partition coefficient (Wildman–Crippen LogP) is 2.51. The highest BCUT2D eigenvalue weighted by atomic mass is 16.3. The number of aliphatic hydroxyl groups excluding tert-OH is 1. The van der Waals surface area contributed by atoms with E-state index in [9.17, 15) is 14.7 Å². The highest BCUT2D eigenvalue weighted by Crippen LogP contribution is 2.23. The van der Waals surface area contributed by atoms with E-state index in [4.69, 9.17) is 0 Å². The van der Waals surface area contributed by atoms with Gasteiger partial charge in [0.2, 0.25) is 11.8 Å². The van der Waals surface area contributed by atoms with Crippen LogP contribution in [0.1, 0.15) is 50.2 Å². The van der Waals surface area contributed by atoms with Gasteiger partial charge in [0.15, 0.2) is 0 Å². The second-order valence-corrected chi connectivity index (χ2v) is 6.36. The maximum atomic E-state index is 12.3. The van der Waals surface area contributed by atoms with Gasteiger partial charge in [-0.05, 0) is 43.9 Å². The molecule has 0 aliphatic heterocycles. The SMILES string of the molecule is Cc1ccc(CO)cc1NC(=O)C(C)NC(=O)C1CCCCC1. The van der Waals surface area contributed by atoms with Crippen LogP contribution in [-0.4, -0.2) is 23.0 Å². The van der Waals surface area contributed by atoms with Gasteiger partial charge in [-0.15, -0.1) is 0 Å². The number of nitrogens with one attached hydrogen (secondary N) is 2. The Balaban J connectivity index is 1.93. The zero-order valence-electron chi connectivity index (χ0n) is 13.9. The number of carbonyl (C=O) groups excluding carboxylic acids is 2. The van der Waals surface area contributed by atoms with E-state index in [1.807, 2.05) is 19.1 Å². The molecule has 2 amide bonds. The quantitative estimate of drug-likeness (QED) is 0.780. The summed E-state index contributed by atoms with van der Waals surface area (Å²) in [5.74, 6) is -0.223. The fourth-order valence-corrected chi connectivity index (χ4v) is 2.90. The van der Waals surface area contributed by atoms with E-state index in [1.54, 1.807) is 13.0 Å². The molecule has 0 aromatic heterocycles. The van der Waals surface area contributed by atoms with Crippen molar-refractivity contribution in [2.75, 3.05) is 5.32 Å². The van der Waals surface area contributed by atoms with E-state index in [0.29, 0.717) is 5.69 Å². The normalized spacial score (nSPS) is 16.7. The van der Waals surface area contributed by atoms with Crippen molar-refractivity contribution in [3.8, 4) is 0 Å². The zero-order valence-corrected chi connectivity index (χ0v) is 13.9. The van der Waals surface area contributed by atoms with Crippen LogP contribution < -0.4 is 10.6 Å². The third-order valence-electron chi connectivity index (χ3n) is 4.47. The van der Waals surface area contributed by atoms with Crippen LogP contribution in [0.15, 0.2) is 18.2 Å². The lowest BCUT2D eigenvalue weighted by Gasteiger charge is -2.23. The minimum absolute atomic E-state index is 0.0202. The first kappa shape index (κ1) is 17.5. The number of amides is 2. The Morgan fingerprint density at radius 2 is 1.96 bits per heavy atom. The van der Waals surface area contributed by atoms with Gasteiger partial charge in [-0.2, -0.15) is 0 Å². The fraction of sp³-hybridized carbons (Fsp3) is 0.556. The molecule has 1 atom stereocenters. The van der Waals surface area contributed by atoms with E-state index >= 15 is 0 Å². The van der Waals surface area contributed by atoms with Crippen LogP contribution in [-0.2, 0) is 16.2 Å². The summed E-state index contributed by atoms with van der Waals surface area (Å²) in [6.45, 7) is 3.51. The first-order valence-corrected chi connectivity index (χ1v) is 8.33. The third-order valence-corrected chi connectivity index (χ3v) is 4.47. The Morgan fingerprint density at radius 1 is 1.26 bits per heavy atom. The Bertz CT molecular complexity index is 565. The summed E-state index contributed by atoms with van der Waals surface area (Å²) in [6, 6.07) is 4.84. The van der Waals surface area contributed by atoms with E-state index in [0.717, 1.165) is 36.8 Å². The molecular formula is C18H26N2O3. The monoisotopic (exact) mass is 318 g/mol. The summed E-state index contributed by atoms with van der Waals surface area (Å²) in [5, 5.41) is 14.8. The van der Waals surface area contributed by atoms with Crippen LogP contribution in [0.25, 0.3) is 0 Å².